The van der Waals surface area contributed by atoms with E-state index in [-0.39, 0.29) is 0 Å². The molecule has 0 aliphatic heterocycles. The van der Waals surface area contributed by atoms with Crippen molar-refractivity contribution in [2.24, 2.45) is 7.05 Å². The highest BCUT2D eigenvalue weighted by atomic mass is 32.2. The summed E-state index contributed by atoms with van der Waals surface area (Å²) in [4.78, 5) is 1.16. The van der Waals surface area contributed by atoms with Crippen molar-refractivity contribution in [3.05, 3.63) is 52.9 Å². The Morgan fingerprint density at radius 3 is 2.55 bits per heavy atom. The minimum absolute atomic E-state index is 0.578. The van der Waals surface area contributed by atoms with Crippen LogP contribution >= 0.6 is 23.1 Å². The van der Waals surface area contributed by atoms with Crippen LogP contribution in [0.15, 0.2) is 46.9 Å². The number of thiophene rings is 1. The molecule has 3 rings (SSSR count). The molecule has 2 heterocycles. The number of aromatic nitrogens is 3. The van der Waals surface area contributed by atoms with E-state index in [9.17, 15) is 0 Å². The zero-order chi connectivity index (χ0) is 15.5. The second-order valence-electron chi connectivity index (χ2n) is 5.53. The largest absolute Gasteiger partial charge is 0.304 e. The highest BCUT2D eigenvalue weighted by Gasteiger charge is 2.12. The average Bonchev–Trinajstić information content (AvgIpc) is 3.15. The van der Waals surface area contributed by atoms with Gasteiger partial charge in [0.2, 0.25) is 0 Å². The zero-order valence-electron chi connectivity index (χ0n) is 13.0. The molecule has 1 aromatic carbocycles. The molecule has 0 fully saturated rings. The van der Waals surface area contributed by atoms with Crippen molar-refractivity contribution in [3.63, 3.8) is 0 Å². The van der Waals surface area contributed by atoms with Crippen LogP contribution in [0.1, 0.15) is 30.9 Å². The van der Waals surface area contributed by atoms with Gasteiger partial charge in [0.1, 0.15) is 0 Å². The van der Waals surface area contributed by atoms with E-state index < -0.39 is 0 Å². The van der Waals surface area contributed by atoms with E-state index in [2.05, 4.69) is 64.3 Å². The first-order chi connectivity index (χ1) is 10.6. The van der Waals surface area contributed by atoms with E-state index >= 15 is 0 Å². The van der Waals surface area contributed by atoms with E-state index in [4.69, 9.17) is 0 Å². The fourth-order valence-corrected chi connectivity index (χ4v) is 3.82. The summed E-state index contributed by atoms with van der Waals surface area (Å²) >= 11 is 3.42. The molecule has 2 aromatic heterocycles. The standard InChI is InChI=1S/C17H19N3S2/c1-12(2)14-8-6-13(7-9-14)11-22-17-19-18-16(20(17)3)15-5-4-10-21-15/h4-10,12H,11H2,1-3H3. The molecule has 22 heavy (non-hydrogen) atoms. The molecule has 0 saturated heterocycles. The van der Waals surface area contributed by atoms with Crippen LogP contribution in [0, 0.1) is 0 Å². The van der Waals surface area contributed by atoms with E-state index in [0.717, 1.165) is 21.6 Å². The maximum absolute atomic E-state index is 4.32. The predicted molar refractivity (Wildman–Crippen MR) is 94.4 cm³/mol. The molecular weight excluding hydrogens is 310 g/mol. The van der Waals surface area contributed by atoms with Crippen molar-refractivity contribution in [2.45, 2.75) is 30.7 Å². The first-order valence-corrected chi connectivity index (χ1v) is 9.16. The molecule has 0 spiro atoms. The van der Waals surface area contributed by atoms with Gasteiger partial charge < -0.3 is 4.57 Å². The lowest BCUT2D eigenvalue weighted by Gasteiger charge is -2.07. The molecule has 0 radical (unpaired) electrons. The Hall–Kier alpha value is -1.59. The number of hydrogen-bond acceptors (Lipinski definition) is 4. The molecule has 0 bridgehead atoms. The monoisotopic (exact) mass is 329 g/mol. The van der Waals surface area contributed by atoms with Crippen LogP contribution < -0.4 is 0 Å². The lowest BCUT2D eigenvalue weighted by Crippen LogP contribution is -1.94. The molecular formula is C17H19N3S2. The Morgan fingerprint density at radius 1 is 1.14 bits per heavy atom. The first-order valence-electron chi connectivity index (χ1n) is 7.30. The number of benzene rings is 1. The van der Waals surface area contributed by atoms with Crippen molar-refractivity contribution in [2.75, 3.05) is 0 Å². The van der Waals surface area contributed by atoms with Gasteiger partial charge in [0.05, 0.1) is 4.88 Å². The van der Waals surface area contributed by atoms with Gasteiger partial charge in [0, 0.05) is 12.8 Å². The Bertz CT molecular complexity index is 728. The van der Waals surface area contributed by atoms with E-state index in [0.29, 0.717) is 5.92 Å². The number of hydrogen-bond donors (Lipinski definition) is 0. The third kappa shape index (κ3) is 3.25. The number of thioether (sulfide) groups is 1. The summed E-state index contributed by atoms with van der Waals surface area (Å²) in [5.41, 5.74) is 2.70. The fourth-order valence-electron chi connectivity index (χ4n) is 2.21. The maximum Gasteiger partial charge on any atom is 0.191 e. The van der Waals surface area contributed by atoms with Crippen molar-refractivity contribution in [1.82, 2.24) is 14.8 Å². The number of nitrogens with zero attached hydrogens (tertiary/aromatic N) is 3. The lowest BCUT2D eigenvalue weighted by atomic mass is 10.0. The average molecular weight is 329 g/mol. The van der Waals surface area contributed by atoms with Gasteiger partial charge in [-0.1, -0.05) is 55.9 Å². The van der Waals surface area contributed by atoms with E-state index in [1.807, 2.05) is 13.1 Å². The van der Waals surface area contributed by atoms with E-state index in [1.54, 1.807) is 23.1 Å². The SMILES string of the molecule is CC(C)c1ccc(CSc2nnc(-c3cccs3)n2C)cc1. The van der Waals surface area contributed by atoms with E-state index in [1.165, 1.54) is 11.1 Å². The lowest BCUT2D eigenvalue weighted by molar-refractivity contribution is 0.794. The van der Waals surface area contributed by atoms with Crippen LogP contribution in [-0.2, 0) is 12.8 Å². The Morgan fingerprint density at radius 2 is 1.91 bits per heavy atom. The topological polar surface area (TPSA) is 30.7 Å². The van der Waals surface area contributed by atoms with Gasteiger partial charge in [-0.3, -0.25) is 0 Å². The smallest absolute Gasteiger partial charge is 0.191 e. The second kappa shape index (κ2) is 6.67. The van der Waals surface area contributed by atoms with Crippen LogP contribution in [0.25, 0.3) is 10.7 Å². The van der Waals surface area contributed by atoms with Gasteiger partial charge >= 0.3 is 0 Å². The van der Waals surface area contributed by atoms with Gasteiger partial charge in [-0.05, 0) is 28.5 Å². The van der Waals surface area contributed by atoms with Crippen LogP contribution in [0.4, 0.5) is 0 Å². The zero-order valence-corrected chi connectivity index (χ0v) is 14.6. The normalized spacial score (nSPS) is 11.3. The Balaban J connectivity index is 1.69. The number of rotatable bonds is 5. The molecule has 0 N–H and O–H groups in total. The van der Waals surface area contributed by atoms with Crippen molar-refractivity contribution in [3.8, 4) is 10.7 Å². The third-order valence-corrected chi connectivity index (χ3v) is 5.55. The molecule has 5 heteroatoms. The maximum atomic E-state index is 4.32. The summed E-state index contributed by atoms with van der Waals surface area (Å²) in [6.45, 7) is 4.44. The quantitative estimate of drug-likeness (QED) is 0.620. The van der Waals surface area contributed by atoms with Crippen LogP contribution in [0.2, 0.25) is 0 Å². The molecule has 0 aliphatic carbocycles. The molecule has 0 unspecified atom stereocenters. The molecule has 3 nitrogen and oxygen atoms in total. The van der Waals surface area contributed by atoms with Crippen molar-refractivity contribution >= 4 is 23.1 Å². The van der Waals surface area contributed by atoms with Gasteiger partial charge in [-0.15, -0.1) is 21.5 Å². The van der Waals surface area contributed by atoms with Crippen LogP contribution in [0.5, 0.6) is 0 Å². The molecule has 0 atom stereocenters. The van der Waals surface area contributed by atoms with Crippen LogP contribution in [-0.4, -0.2) is 14.8 Å². The summed E-state index contributed by atoms with van der Waals surface area (Å²) in [5.74, 6) is 2.43. The van der Waals surface area contributed by atoms with Crippen LogP contribution in [0.3, 0.4) is 0 Å². The molecule has 0 saturated carbocycles. The second-order valence-corrected chi connectivity index (χ2v) is 7.42. The van der Waals surface area contributed by atoms with Gasteiger partial charge in [-0.25, -0.2) is 0 Å². The predicted octanol–water partition coefficient (Wildman–Crippen LogP) is 4.96. The fraction of sp³-hybridized carbons (Fsp3) is 0.294. The van der Waals surface area contributed by atoms with Crippen molar-refractivity contribution in [1.29, 1.82) is 0 Å². The summed E-state index contributed by atoms with van der Waals surface area (Å²) in [5, 5.41) is 11.6. The molecule has 0 aliphatic rings. The highest BCUT2D eigenvalue weighted by Crippen LogP contribution is 2.28. The van der Waals surface area contributed by atoms with Gasteiger partial charge in [0.15, 0.2) is 11.0 Å². The molecule has 0 amide bonds. The third-order valence-electron chi connectivity index (χ3n) is 3.59. The molecule has 3 aromatic rings. The first kappa shape index (κ1) is 15.3. The van der Waals surface area contributed by atoms with Gasteiger partial charge in [-0.2, -0.15) is 0 Å². The minimum atomic E-state index is 0.578. The minimum Gasteiger partial charge on any atom is -0.304 e. The Labute approximate surface area is 139 Å². The highest BCUT2D eigenvalue weighted by molar-refractivity contribution is 7.98. The summed E-state index contributed by atoms with van der Waals surface area (Å²) in [6, 6.07) is 13.0. The van der Waals surface area contributed by atoms with Gasteiger partial charge in [0.25, 0.3) is 0 Å². The summed E-state index contributed by atoms with van der Waals surface area (Å²) < 4.78 is 2.07. The molecule has 114 valence electrons. The summed E-state index contributed by atoms with van der Waals surface area (Å²) in [6.07, 6.45) is 0. The Kier molecular flexibility index (Phi) is 4.64. The van der Waals surface area contributed by atoms with Crippen molar-refractivity contribution < 1.29 is 0 Å². The summed E-state index contributed by atoms with van der Waals surface area (Å²) in [7, 11) is 2.03.